The highest BCUT2D eigenvalue weighted by molar-refractivity contribution is 6.30. The van der Waals surface area contributed by atoms with Gasteiger partial charge in [-0.1, -0.05) is 17.7 Å². The van der Waals surface area contributed by atoms with Crippen LogP contribution in [0.3, 0.4) is 0 Å². The first-order chi connectivity index (χ1) is 8.08. The van der Waals surface area contributed by atoms with Gasteiger partial charge in [0.1, 0.15) is 11.9 Å². The SMILES string of the molecule is O=C(O)C(NCC1CC1)c1ccc(Cl)cc1F. The lowest BCUT2D eigenvalue weighted by Crippen LogP contribution is -2.30. The van der Waals surface area contributed by atoms with Gasteiger partial charge in [-0.05, 0) is 37.4 Å². The molecule has 2 rings (SSSR count). The zero-order chi connectivity index (χ0) is 12.4. The van der Waals surface area contributed by atoms with Gasteiger partial charge in [-0.25, -0.2) is 4.39 Å². The van der Waals surface area contributed by atoms with Crippen molar-refractivity contribution in [2.45, 2.75) is 18.9 Å². The van der Waals surface area contributed by atoms with Crippen LogP contribution in [0.1, 0.15) is 24.4 Å². The minimum Gasteiger partial charge on any atom is -0.480 e. The van der Waals surface area contributed by atoms with E-state index in [2.05, 4.69) is 5.32 Å². The molecule has 1 aromatic rings. The molecule has 0 aromatic heterocycles. The normalized spacial score (nSPS) is 16.8. The van der Waals surface area contributed by atoms with E-state index in [0.717, 1.165) is 18.9 Å². The number of nitrogens with one attached hydrogen (secondary N) is 1. The molecule has 1 atom stereocenters. The van der Waals surface area contributed by atoms with Crippen LogP contribution >= 0.6 is 11.6 Å². The molecule has 17 heavy (non-hydrogen) atoms. The van der Waals surface area contributed by atoms with Crippen LogP contribution < -0.4 is 5.32 Å². The fourth-order valence-corrected chi connectivity index (χ4v) is 1.83. The number of benzene rings is 1. The monoisotopic (exact) mass is 257 g/mol. The lowest BCUT2D eigenvalue weighted by Gasteiger charge is -2.15. The van der Waals surface area contributed by atoms with Crippen LogP contribution in [0.15, 0.2) is 18.2 Å². The summed E-state index contributed by atoms with van der Waals surface area (Å²) in [7, 11) is 0. The maximum absolute atomic E-state index is 13.6. The third-order valence-electron chi connectivity index (χ3n) is 2.83. The molecule has 3 nitrogen and oxygen atoms in total. The maximum atomic E-state index is 13.6. The molecule has 0 amide bonds. The van der Waals surface area contributed by atoms with E-state index in [0.29, 0.717) is 12.5 Å². The number of hydrogen-bond acceptors (Lipinski definition) is 2. The van der Waals surface area contributed by atoms with Crippen molar-refractivity contribution in [1.82, 2.24) is 5.32 Å². The molecule has 1 unspecified atom stereocenters. The first-order valence-corrected chi connectivity index (χ1v) is 5.87. The number of hydrogen-bond donors (Lipinski definition) is 2. The van der Waals surface area contributed by atoms with Gasteiger partial charge in [-0.15, -0.1) is 0 Å². The van der Waals surface area contributed by atoms with Crippen molar-refractivity contribution >= 4 is 17.6 Å². The van der Waals surface area contributed by atoms with Gasteiger partial charge in [0, 0.05) is 10.6 Å². The molecule has 0 radical (unpaired) electrons. The van der Waals surface area contributed by atoms with Crippen molar-refractivity contribution in [2.75, 3.05) is 6.54 Å². The predicted molar refractivity (Wildman–Crippen MR) is 62.5 cm³/mol. The van der Waals surface area contributed by atoms with E-state index >= 15 is 0 Å². The van der Waals surface area contributed by atoms with Crippen molar-refractivity contribution in [3.8, 4) is 0 Å². The highest BCUT2D eigenvalue weighted by atomic mass is 35.5. The van der Waals surface area contributed by atoms with E-state index in [1.165, 1.54) is 12.1 Å². The van der Waals surface area contributed by atoms with Gasteiger partial charge in [0.2, 0.25) is 0 Å². The Bertz CT molecular complexity index is 435. The van der Waals surface area contributed by atoms with Gasteiger partial charge in [-0.3, -0.25) is 4.79 Å². The van der Waals surface area contributed by atoms with Gasteiger partial charge < -0.3 is 10.4 Å². The fourth-order valence-electron chi connectivity index (χ4n) is 1.67. The minimum absolute atomic E-state index is 0.127. The Labute approximate surface area is 104 Å². The van der Waals surface area contributed by atoms with E-state index < -0.39 is 17.8 Å². The smallest absolute Gasteiger partial charge is 0.325 e. The Balaban J connectivity index is 2.15. The Morgan fingerprint density at radius 3 is 2.82 bits per heavy atom. The molecule has 1 saturated carbocycles. The minimum atomic E-state index is -1.08. The number of aliphatic carboxylic acids is 1. The first-order valence-electron chi connectivity index (χ1n) is 5.49. The van der Waals surface area contributed by atoms with Gasteiger partial charge in [0.15, 0.2) is 0 Å². The number of carboxylic acid groups (broad SMARTS) is 1. The zero-order valence-corrected chi connectivity index (χ0v) is 9.88. The van der Waals surface area contributed by atoms with E-state index in [4.69, 9.17) is 16.7 Å². The largest absolute Gasteiger partial charge is 0.480 e. The highest BCUT2D eigenvalue weighted by Gasteiger charge is 2.27. The molecule has 1 aliphatic carbocycles. The standard InChI is InChI=1S/C12H13ClFNO2/c13-8-3-4-9(10(14)5-8)11(12(16)17)15-6-7-1-2-7/h3-5,7,11,15H,1-2,6H2,(H,16,17). The van der Waals surface area contributed by atoms with E-state index in [9.17, 15) is 9.18 Å². The molecule has 92 valence electrons. The molecular formula is C12H13ClFNO2. The molecular weight excluding hydrogens is 245 g/mol. The Morgan fingerprint density at radius 1 is 1.59 bits per heavy atom. The van der Waals surface area contributed by atoms with Crippen molar-refractivity contribution < 1.29 is 14.3 Å². The highest BCUT2D eigenvalue weighted by Crippen LogP contribution is 2.29. The summed E-state index contributed by atoms with van der Waals surface area (Å²) in [6.07, 6.45) is 2.23. The van der Waals surface area contributed by atoms with E-state index in [-0.39, 0.29) is 10.6 Å². The molecule has 2 N–H and O–H groups in total. The summed E-state index contributed by atoms with van der Waals surface area (Å²) >= 11 is 5.63. The van der Waals surface area contributed by atoms with Crippen LogP contribution in [-0.2, 0) is 4.79 Å². The fraction of sp³-hybridized carbons (Fsp3) is 0.417. The molecule has 1 fully saturated rings. The van der Waals surface area contributed by atoms with Gasteiger partial charge in [0.05, 0.1) is 0 Å². The second kappa shape index (κ2) is 5.02. The molecule has 0 bridgehead atoms. The summed E-state index contributed by atoms with van der Waals surface area (Å²) in [6, 6.07) is 3.03. The topological polar surface area (TPSA) is 49.3 Å². The zero-order valence-electron chi connectivity index (χ0n) is 9.12. The van der Waals surface area contributed by atoms with E-state index in [1.807, 2.05) is 0 Å². The number of carboxylic acids is 1. The second-order valence-electron chi connectivity index (χ2n) is 4.29. The number of rotatable bonds is 5. The van der Waals surface area contributed by atoms with Crippen LogP contribution in [0.25, 0.3) is 0 Å². The van der Waals surface area contributed by atoms with Crippen molar-refractivity contribution in [3.63, 3.8) is 0 Å². The third kappa shape index (κ3) is 3.17. The van der Waals surface area contributed by atoms with Crippen LogP contribution in [0.2, 0.25) is 5.02 Å². The molecule has 0 aliphatic heterocycles. The lowest BCUT2D eigenvalue weighted by atomic mass is 10.1. The Morgan fingerprint density at radius 2 is 2.29 bits per heavy atom. The summed E-state index contributed by atoms with van der Waals surface area (Å²) in [5.41, 5.74) is 0.127. The lowest BCUT2D eigenvalue weighted by molar-refractivity contribution is -0.139. The summed E-state index contributed by atoms with van der Waals surface area (Å²) < 4.78 is 13.6. The second-order valence-corrected chi connectivity index (χ2v) is 4.73. The molecule has 0 spiro atoms. The first kappa shape index (κ1) is 12.3. The molecule has 5 heteroatoms. The molecule has 1 aromatic carbocycles. The van der Waals surface area contributed by atoms with Gasteiger partial charge >= 0.3 is 5.97 Å². The summed E-state index contributed by atoms with van der Waals surface area (Å²) in [6.45, 7) is 0.610. The molecule has 0 saturated heterocycles. The quantitative estimate of drug-likeness (QED) is 0.853. The summed E-state index contributed by atoms with van der Waals surface area (Å²) in [5, 5.41) is 12.2. The van der Waals surface area contributed by atoms with Crippen molar-refractivity contribution in [1.29, 1.82) is 0 Å². The van der Waals surface area contributed by atoms with Crippen molar-refractivity contribution in [2.24, 2.45) is 5.92 Å². The van der Waals surface area contributed by atoms with Crippen LogP contribution in [0, 0.1) is 11.7 Å². The average Bonchev–Trinajstić information content (AvgIpc) is 3.04. The number of halogens is 2. The average molecular weight is 258 g/mol. The number of carbonyl (C=O) groups is 1. The van der Waals surface area contributed by atoms with Crippen LogP contribution in [0.4, 0.5) is 4.39 Å². The summed E-state index contributed by atoms with van der Waals surface area (Å²) in [4.78, 5) is 11.1. The van der Waals surface area contributed by atoms with Gasteiger partial charge in [0.25, 0.3) is 0 Å². The molecule has 1 aliphatic rings. The Hall–Kier alpha value is -1.13. The van der Waals surface area contributed by atoms with Crippen molar-refractivity contribution in [3.05, 3.63) is 34.6 Å². The predicted octanol–water partition coefficient (Wildman–Crippen LogP) is 2.60. The summed E-state index contributed by atoms with van der Waals surface area (Å²) in [5.74, 6) is -1.13. The maximum Gasteiger partial charge on any atom is 0.325 e. The van der Waals surface area contributed by atoms with Crippen LogP contribution in [0.5, 0.6) is 0 Å². The molecule has 0 heterocycles. The van der Waals surface area contributed by atoms with Crippen LogP contribution in [-0.4, -0.2) is 17.6 Å². The van der Waals surface area contributed by atoms with Gasteiger partial charge in [-0.2, -0.15) is 0 Å². The Kier molecular flexibility index (Phi) is 3.64. The third-order valence-corrected chi connectivity index (χ3v) is 3.06. The van der Waals surface area contributed by atoms with E-state index in [1.54, 1.807) is 0 Å².